The van der Waals surface area contributed by atoms with E-state index in [1.807, 2.05) is 42.2 Å². The predicted octanol–water partition coefficient (Wildman–Crippen LogP) is 3.55. The summed E-state index contributed by atoms with van der Waals surface area (Å²) < 4.78 is 13.1. The van der Waals surface area contributed by atoms with Crippen LogP contribution in [-0.4, -0.2) is 47.0 Å². The van der Waals surface area contributed by atoms with Gasteiger partial charge in [0.2, 0.25) is 0 Å². The highest BCUT2D eigenvalue weighted by Crippen LogP contribution is 2.22. The summed E-state index contributed by atoms with van der Waals surface area (Å²) in [5.41, 5.74) is 3.41. The average Bonchev–Trinajstić information content (AvgIpc) is 2.74. The molecule has 142 valence electrons. The molecule has 1 fully saturated rings. The molecule has 0 saturated carbocycles. The molecule has 0 atom stereocenters. The molecule has 0 bridgehead atoms. The largest absolute Gasteiger partial charge is 0.353 e. The second-order valence-electron chi connectivity index (χ2n) is 6.92. The minimum atomic E-state index is -0.271. The molecule has 5 nitrogen and oxygen atoms in total. The monoisotopic (exact) mass is 376 g/mol. The maximum atomic E-state index is 13.1. The lowest BCUT2D eigenvalue weighted by molar-refractivity contribution is 0.0746. The van der Waals surface area contributed by atoms with E-state index in [9.17, 15) is 9.18 Å². The third kappa shape index (κ3) is 3.86. The number of rotatable bonds is 3. The number of hydrogen-bond acceptors (Lipinski definition) is 4. The van der Waals surface area contributed by atoms with Crippen LogP contribution in [0.1, 0.15) is 15.9 Å². The molecule has 1 aromatic heterocycles. The molecule has 0 radical (unpaired) electrons. The Bertz CT molecular complexity index is 982. The molecule has 6 heteroatoms. The van der Waals surface area contributed by atoms with Crippen molar-refractivity contribution in [2.45, 2.75) is 6.92 Å². The Kier molecular flexibility index (Phi) is 5.02. The molecule has 0 N–H and O–H groups in total. The highest BCUT2D eigenvalue weighted by atomic mass is 19.1. The molecule has 0 aliphatic carbocycles. The summed E-state index contributed by atoms with van der Waals surface area (Å²) in [6.45, 7) is 4.68. The number of anilines is 1. The number of carbonyl (C=O) groups excluding carboxylic acids is 1. The van der Waals surface area contributed by atoms with Crippen LogP contribution < -0.4 is 4.90 Å². The lowest BCUT2D eigenvalue weighted by Gasteiger charge is -2.35. The topological polar surface area (TPSA) is 49.3 Å². The smallest absolute Gasteiger partial charge is 0.253 e. The van der Waals surface area contributed by atoms with Crippen LogP contribution in [0.25, 0.3) is 11.3 Å². The summed E-state index contributed by atoms with van der Waals surface area (Å²) in [7, 11) is 0. The minimum Gasteiger partial charge on any atom is -0.353 e. The van der Waals surface area contributed by atoms with Gasteiger partial charge >= 0.3 is 0 Å². The standard InChI is InChI=1S/C22H21FN4O/c1-16-3-2-4-18(13-16)22(28)27-11-9-26(10-12-27)21-14-20(24-15-25-21)17-5-7-19(23)8-6-17/h2-8,13-15H,9-12H2,1H3. The quantitative estimate of drug-likeness (QED) is 0.701. The van der Waals surface area contributed by atoms with Gasteiger partial charge in [-0.3, -0.25) is 4.79 Å². The molecule has 2 heterocycles. The summed E-state index contributed by atoms with van der Waals surface area (Å²) in [4.78, 5) is 25.4. The van der Waals surface area contributed by atoms with E-state index in [2.05, 4.69) is 14.9 Å². The zero-order valence-electron chi connectivity index (χ0n) is 15.7. The number of aromatic nitrogens is 2. The van der Waals surface area contributed by atoms with Crippen molar-refractivity contribution in [1.82, 2.24) is 14.9 Å². The number of carbonyl (C=O) groups is 1. The van der Waals surface area contributed by atoms with E-state index >= 15 is 0 Å². The van der Waals surface area contributed by atoms with E-state index in [0.717, 1.165) is 28.2 Å². The molecule has 28 heavy (non-hydrogen) atoms. The summed E-state index contributed by atoms with van der Waals surface area (Å²) in [6, 6.07) is 15.9. The highest BCUT2D eigenvalue weighted by molar-refractivity contribution is 5.94. The van der Waals surface area contributed by atoms with E-state index < -0.39 is 0 Å². The van der Waals surface area contributed by atoms with Gasteiger partial charge in [0.15, 0.2) is 0 Å². The molecule has 0 unspecified atom stereocenters. The zero-order chi connectivity index (χ0) is 19.5. The number of piperazine rings is 1. The van der Waals surface area contributed by atoms with Crippen LogP contribution in [0.2, 0.25) is 0 Å². The first-order valence-electron chi connectivity index (χ1n) is 9.29. The highest BCUT2D eigenvalue weighted by Gasteiger charge is 2.23. The van der Waals surface area contributed by atoms with Gasteiger partial charge < -0.3 is 9.80 Å². The Morgan fingerprint density at radius 2 is 1.71 bits per heavy atom. The van der Waals surface area contributed by atoms with E-state index in [1.54, 1.807) is 12.1 Å². The van der Waals surface area contributed by atoms with Crippen molar-refractivity contribution < 1.29 is 9.18 Å². The number of nitrogens with zero attached hydrogens (tertiary/aromatic N) is 4. The lowest BCUT2D eigenvalue weighted by Crippen LogP contribution is -2.49. The van der Waals surface area contributed by atoms with Gasteiger partial charge in [-0.2, -0.15) is 0 Å². The average molecular weight is 376 g/mol. The van der Waals surface area contributed by atoms with Crippen LogP contribution in [0.5, 0.6) is 0 Å². The van der Waals surface area contributed by atoms with Gasteiger partial charge in [-0.15, -0.1) is 0 Å². The molecule has 0 spiro atoms. The van der Waals surface area contributed by atoms with Crippen LogP contribution in [0.4, 0.5) is 10.2 Å². The molecule has 1 aliphatic heterocycles. The van der Waals surface area contributed by atoms with Gasteiger partial charge in [0, 0.05) is 43.4 Å². The SMILES string of the molecule is Cc1cccc(C(=O)N2CCN(c3cc(-c4ccc(F)cc4)ncn3)CC2)c1. The van der Waals surface area contributed by atoms with Crippen molar-refractivity contribution in [2.75, 3.05) is 31.1 Å². The molecule has 1 saturated heterocycles. The fourth-order valence-corrected chi connectivity index (χ4v) is 3.40. The Morgan fingerprint density at radius 3 is 2.43 bits per heavy atom. The fraction of sp³-hybridized carbons (Fsp3) is 0.227. The summed E-state index contributed by atoms with van der Waals surface area (Å²) in [5, 5.41) is 0. The van der Waals surface area contributed by atoms with Crippen LogP contribution in [0.3, 0.4) is 0 Å². The first-order valence-corrected chi connectivity index (χ1v) is 9.29. The van der Waals surface area contributed by atoms with E-state index in [0.29, 0.717) is 26.2 Å². The summed E-state index contributed by atoms with van der Waals surface area (Å²) >= 11 is 0. The van der Waals surface area contributed by atoms with Crippen LogP contribution in [0, 0.1) is 12.7 Å². The van der Waals surface area contributed by atoms with Gasteiger partial charge in [0.05, 0.1) is 5.69 Å². The number of aryl methyl sites for hydroxylation is 1. The third-order valence-electron chi connectivity index (χ3n) is 4.95. The van der Waals surface area contributed by atoms with Crippen molar-refractivity contribution in [3.63, 3.8) is 0 Å². The molecular weight excluding hydrogens is 355 g/mol. The zero-order valence-corrected chi connectivity index (χ0v) is 15.7. The Hall–Kier alpha value is -3.28. The molecule has 1 aliphatic rings. The summed E-state index contributed by atoms with van der Waals surface area (Å²) in [6.07, 6.45) is 1.53. The fourth-order valence-electron chi connectivity index (χ4n) is 3.40. The Morgan fingerprint density at radius 1 is 0.964 bits per heavy atom. The second-order valence-corrected chi connectivity index (χ2v) is 6.92. The second kappa shape index (κ2) is 7.76. The maximum absolute atomic E-state index is 13.1. The Balaban J connectivity index is 1.44. The first-order chi connectivity index (χ1) is 13.6. The van der Waals surface area contributed by atoms with Gasteiger partial charge in [0.25, 0.3) is 5.91 Å². The van der Waals surface area contributed by atoms with Crippen molar-refractivity contribution in [3.8, 4) is 11.3 Å². The minimum absolute atomic E-state index is 0.0676. The molecule has 4 rings (SSSR count). The molecule has 2 aromatic carbocycles. The van der Waals surface area contributed by atoms with Gasteiger partial charge in [0.1, 0.15) is 18.0 Å². The van der Waals surface area contributed by atoms with Crippen molar-refractivity contribution >= 4 is 11.7 Å². The number of amides is 1. The van der Waals surface area contributed by atoms with Crippen LogP contribution >= 0.6 is 0 Å². The molecule has 1 amide bonds. The molecule has 3 aromatic rings. The van der Waals surface area contributed by atoms with Gasteiger partial charge in [-0.25, -0.2) is 14.4 Å². The van der Waals surface area contributed by atoms with Crippen molar-refractivity contribution in [2.24, 2.45) is 0 Å². The number of halogens is 1. The van der Waals surface area contributed by atoms with E-state index in [-0.39, 0.29) is 11.7 Å². The predicted molar refractivity (Wildman–Crippen MR) is 107 cm³/mol. The van der Waals surface area contributed by atoms with Crippen LogP contribution in [0.15, 0.2) is 60.9 Å². The summed E-state index contributed by atoms with van der Waals surface area (Å²) in [5.74, 6) is 0.613. The van der Waals surface area contributed by atoms with E-state index in [4.69, 9.17) is 0 Å². The number of benzene rings is 2. The maximum Gasteiger partial charge on any atom is 0.253 e. The third-order valence-corrected chi connectivity index (χ3v) is 4.95. The van der Waals surface area contributed by atoms with Crippen molar-refractivity contribution in [3.05, 3.63) is 77.9 Å². The van der Waals surface area contributed by atoms with Crippen molar-refractivity contribution in [1.29, 1.82) is 0 Å². The Labute approximate surface area is 163 Å². The van der Waals surface area contributed by atoms with Crippen LogP contribution in [-0.2, 0) is 0 Å². The van der Waals surface area contributed by atoms with Gasteiger partial charge in [-0.1, -0.05) is 17.7 Å². The molecular formula is C22H21FN4O. The van der Waals surface area contributed by atoms with Gasteiger partial charge in [-0.05, 0) is 43.3 Å². The normalized spacial score (nSPS) is 14.2. The lowest BCUT2D eigenvalue weighted by atomic mass is 10.1. The first kappa shape index (κ1) is 18.1. The number of hydrogen-bond donors (Lipinski definition) is 0. The van der Waals surface area contributed by atoms with E-state index in [1.165, 1.54) is 18.5 Å².